The predicted octanol–water partition coefficient (Wildman–Crippen LogP) is 3.98. The van der Waals surface area contributed by atoms with Crippen LogP contribution in [0, 0.1) is 12.7 Å². The van der Waals surface area contributed by atoms with Crippen molar-refractivity contribution in [3.8, 4) is 0 Å². The standard InChI is InChI=1S/C22H20FN5O/c1-13-10-19(28-27-13)25-20-17-4-2-3-5-18(17)24-21(26-20)22(11-16(29)12-22)14-6-8-15(23)9-7-14/h2-10,16,29H,11-12H2,1H3,(H2,24,25,26,27,28)/t16-,22+. The van der Waals surface area contributed by atoms with Gasteiger partial charge in [-0.05, 0) is 49.6 Å². The number of aromatic nitrogens is 4. The molecule has 0 radical (unpaired) electrons. The monoisotopic (exact) mass is 389 g/mol. The van der Waals surface area contributed by atoms with Crippen molar-refractivity contribution in [1.82, 2.24) is 20.2 Å². The molecule has 0 saturated heterocycles. The zero-order valence-electron chi connectivity index (χ0n) is 15.9. The molecule has 7 heteroatoms. The minimum absolute atomic E-state index is 0.292. The lowest BCUT2D eigenvalue weighted by molar-refractivity contribution is 0.0338. The van der Waals surface area contributed by atoms with E-state index in [1.165, 1.54) is 12.1 Å². The number of nitrogens with one attached hydrogen (secondary N) is 2. The Morgan fingerprint density at radius 2 is 1.86 bits per heavy atom. The topological polar surface area (TPSA) is 86.7 Å². The molecule has 5 rings (SSSR count). The third kappa shape index (κ3) is 3.03. The number of aliphatic hydroxyl groups excluding tert-OH is 1. The molecule has 1 fully saturated rings. The van der Waals surface area contributed by atoms with Gasteiger partial charge in [0.1, 0.15) is 17.5 Å². The van der Waals surface area contributed by atoms with Crippen LogP contribution in [-0.2, 0) is 5.41 Å². The van der Waals surface area contributed by atoms with Gasteiger partial charge in [-0.1, -0.05) is 24.3 Å². The summed E-state index contributed by atoms with van der Waals surface area (Å²) in [4.78, 5) is 9.68. The molecule has 4 aromatic rings. The number of hydrogen-bond donors (Lipinski definition) is 3. The third-order valence-corrected chi connectivity index (χ3v) is 5.55. The summed E-state index contributed by atoms with van der Waals surface area (Å²) in [6.45, 7) is 1.93. The number of halogens is 1. The van der Waals surface area contributed by atoms with Gasteiger partial charge < -0.3 is 10.4 Å². The second-order valence-corrected chi connectivity index (χ2v) is 7.63. The zero-order chi connectivity index (χ0) is 20.0. The van der Waals surface area contributed by atoms with Crippen molar-refractivity contribution in [1.29, 1.82) is 0 Å². The van der Waals surface area contributed by atoms with Crippen LogP contribution in [0.4, 0.5) is 16.0 Å². The van der Waals surface area contributed by atoms with E-state index >= 15 is 0 Å². The highest BCUT2D eigenvalue weighted by Crippen LogP contribution is 2.48. The maximum atomic E-state index is 13.5. The van der Waals surface area contributed by atoms with Crippen LogP contribution in [0.5, 0.6) is 0 Å². The lowest BCUT2D eigenvalue weighted by Gasteiger charge is -2.44. The second kappa shape index (κ2) is 6.63. The summed E-state index contributed by atoms with van der Waals surface area (Å²) in [5.41, 5.74) is 2.10. The molecule has 2 heterocycles. The predicted molar refractivity (Wildman–Crippen MR) is 109 cm³/mol. The number of rotatable bonds is 4. The Hall–Kier alpha value is -3.32. The van der Waals surface area contributed by atoms with E-state index < -0.39 is 11.5 Å². The number of H-pyrrole nitrogens is 1. The number of anilines is 2. The van der Waals surface area contributed by atoms with Gasteiger partial charge in [0.25, 0.3) is 0 Å². The number of benzene rings is 2. The van der Waals surface area contributed by atoms with Crippen LogP contribution in [0.25, 0.3) is 10.9 Å². The number of aryl methyl sites for hydroxylation is 1. The minimum Gasteiger partial charge on any atom is -0.393 e. The zero-order valence-corrected chi connectivity index (χ0v) is 15.9. The smallest absolute Gasteiger partial charge is 0.153 e. The van der Waals surface area contributed by atoms with Crippen LogP contribution >= 0.6 is 0 Å². The summed E-state index contributed by atoms with van der Waals surface area (Å²) in [5, 5.41) is 21.4. The highest BCUT2D eigenvalue weighted by atomic mass is 19.1. The van der Waals surface area contributed by atoms with E-state index in [9.17, 15) is 9.50 Å². The van der Waals surface area contributed by atoms with Gasteiger partial charge in [0.05, 0.1) is 17.0 Å². The molecule has 146 valence electrons. The molecule has 2 aromatic carbocycles. The quantitative estimate of drug-likeness (QED) is 0.491. The average molecular weight is 389 g/mol. The van der Waals surface area contributed by atoms with Gasteiger partial charge in [-0.3, -0.25) is 5.10 Å². The van der Waals surface area contributed by atoms with E-state index in [0.717, 1.165) is 22.2 Å². The van der Waals surface area contributed by atoms with Crippen molar-refractivity contribution in [3.63, 3.8) is 0 Å². The molecule has 1 aliphatic carbocycles. The Morgan fingerprint density at radius 1 is 1.10 bits per heavy atom. The summed E-state index contributed by atoms with van der Waals surface area (Å²) in [5.74, 6) is 1.64. The largest absolute Gasteiger partial charge is 0.393 e. The number of hydrogen-bond acceptors (Lipinski definition) is 5. The van der Waals surface area contributed by atoms with E-state index in [-0.39, 0.29) is 5.82 Å². The van der Waals surface area contributed by atoms with Crippen LogP contribution in [-0.4, -0.2) is 31.4 Å². The maximum Gasteiger partial charge on any atom is 0.153 e. The van der Waals surface area contributed by atoms with Crippen LogP contribution in [0.1, 0.15) is 29.9 Å². The summed E-state index contributed by atoms with van der Waals surface area (Å²) < 4.78 is 13.5. The molecule has 3 N–H and O–H groups in total. The lowest BCUT2D eigenvalue weighted by atomic mass is 9.62. The van der Waals surface area contributed by atoms with E-state index in [0.29, 0.717) is 30.3 Å². The van der Waals surface area contributed by atoms with Gasteiger partial charge in [-0.15, -0.1) is 0 Å². The van der Waals surface area contributed by atoms with Crippen molar-refractivity contribution < 1.29 is 9.50 Å². The molecule has 0 spiro atoms. The molecule has 1 saturated carbocycles. The fraction of sp³-hybridized carbons (Fsp3) is 0.227. The van der Waals surface area contributed by atoms with Crippen LogP contribution in [0.15, 0.2) is 54.6 Å². The van der Waals surface area contributed by atoms with Gasteiger partial charge in [0, 0.05) is 17.1 Å². The third-order valence-electron chi connectivity index (χ3n) is 5.55. The van der Waals surface area contributed by atoms with Gasteiger partial charge in [0.15, 0.2) is 5.82 Å². The van der Waals surface area contributed by atoms with Gasteiger partial charge >= 0.3 is 0 Å². The van der Waals surface area contributed by atoms with Crippen molar-refractivity contribution in [2.75, 3.05) is 5.32 Å². The van der Waals surface area contributed by atoms with E-state index in [4.69, 9.17) is 9.97 Å². The Morgan fingerprint density at radius 3 is 2.55 bits per heavy atom. The Kier molecular flexibility index (Phi) is 4.06. The number of para-hydroxylation sites is 1. The van der Waals surface area contributed by atoms with Crippen molar-refractivity contribution in [2.45, 2.75) is 31.3 Å². The molecule has 1 aliphatic rings. The van der Waals surface area contributed by atoms with Crippen molar-refractivity contribution >= 4 is 22.5 Å². The van der Waals surface area contributed by atoms with E-state index in [1.807, 2.05) is 37.3 Å². The van der Waals surface area contributed by atoms with Crippen LogP contribution in [0.2, 0.25) is 0 Å². The van der Waals surface area contributed by atoms with Gasteiger partial charge in [-0.2, -0.15) is 5.10 Å². The second-order valence-electron chi connectivity index (χ2n) is 7.63. The molecule has 0 atom stereocenters. The number of nitrogens with zero attached hydrogens (tertiary/aromatic N) is 3. The lowest BCUT2D eigenvalue weighted by Crippen LogP contribution is -2.46. The Labute approximate surface area is 166 Å². The highest BCUT2D eigenvalue weighted by molar-refractivity contribution is 5.90. The number of fused-ring (bicyclic) bond motifs is 1. The molecule has 2 aromatic heterocycles. The summed E-state index contributed by atoms with van der Waals surface area (Å²) in [7, 11) is 0. The fourth-order valence-corrected chi connectivity index (χ4v) is 4.05. The fourth-order valence-electron chi connectivity index (χ4n) is 4.05. The SMILES string of the molecule is Cc1cc(Nc2nc([C@]3(c4ccc(F)cc4)C[C@H](O)C3)nc3ccccc23)n[nH]1. The number of aromatic amines is 1. The average Bonchev–Trinajstić information content (AvgIpc) is 3.10. The minimum atomic E-state index is -0.547. The van der Waals surface area contributed by atoms with Crippen molar-refractivity contribution in [3.05, 3.63) is 77.5 Å². The first kappa shape index (κ1) is 17.8. The van der Waals surface area contributed by atoms with Crippen LogP contribution < -0.4 is 5.32 Å². The summed E-state index contributed by atoms with van der Waals surface area (Å²) in [6, 6.07) is 16.1. The molecular formula is C22H20FN5O. The molecule has 29 heavy (non-hydrogen) atoms. The molecule has 0 unspecified atom stereocenters. The van der Waals surface area contributed by atoms with Crippen molar-refractivity contribution in [2.24, 2.45) is 0 Å². The Bertz CT molecular complexity index is 1180. The highest BCUT2D eigenvalue weighted by Gasteiger charge is 2.49. The molecule has 0 amide bonds. The maximum absolute atomic E-state index is 13.5. The normalized spacial score (nSPS) is 21.1. The first-order valence-electron chi connectivity index (χ1n) is 9.54. The molecule has 0 aliphatic heterocycles. The molecule has 0 bridgehead atoms. The van der Waals surface area contributed by atoms with Gasteiger partial charge in [0.2, 0.25) is 0 Å². The van der Waals surface area contributed by atoms with Crippen LogP contribution in [0.3, 0.4) is 0 Å². The molecule has 6 nitrogen and oxygen atoms in total. The first-order valence-corrected chi connectivity index (χ1v) is 9.54. The number of aliphatic hydroxyl groups is 1. The summed E-state index contributed by atoms with van der Waals surface area (Å²) in [6.07, 6.45) is 0.566. The molecular weight excluding hydrogens is 369 g/mol. The van der Waals surface area contributed by atoms with E-state index in [1.54, 1.807) is 12.1 Å². The first-order chi connectivity index (χ1) is 14.0. The Balaban J connectivity index is 1.66. The summed E-state index contributed by atoms with van der Waals surface area (Å²) >= 11 is 0. The van der Waals surface area contributed by atoms with E-state index in [2.05, 4.69) is 15.5 Å². The van der Waals surface area contributed by atoms with Gasteiger partial charge in [-0.25, -0.2) is 14.4 Å².